The lowest BCUT2D eigenvalue weighted by Crippen LogP contribution is -2.25. The molecule has 0 heteroatoms. The summed E-state index contributed by atoms with van der Waals surface area (Å²) in [6, 6.07) is 82.4. The standard InChI is InChI=1S/C61H36/c1-2-17-45-41(13-1)42-14-3-6-18-46(42)52-33-39(29-31-49(45)52)37-25-27-38(28-26-37)40-30-32-59-55(34-40)56-35-53-47-19-7-4-15-43(47)44-16-5-8-20-48(44)54(53)36-60(56)61(59)57-23-11-9-21-50(57)51-22-10-12-24-58(51)61/h1-36H. The van der Waals surface area contributed by atoms with Gasteiger partial charge in [-0.25, -0.2) is 0 Å². The Bertz CT molecular complexity index is 3780. The van der Waals surface area contributed by atoms with E-state index < -0.39 is 5.41 Å². The van der Waals surface area contributed by atoms with E-state index in [1.165, 1.54) is 131 Å². The molecule has 280 valence electrons. The molecule has 0 atom stereocenters. The molecule has 0 radical (unpaired) electrons. The topological polar surface area (TPSA) is 0 Å². The zero-order valence-electron chi connectivity index (χ0n) is 33.3. The molecule has 0 unspecified atom stereocenters. The smallest absolute Gasteiger partial charge is 0.0619 e. The molecule has 0 aromatic heterocycles. The van der Waals surface area contributed by atoms with Crippen molar-refractivity contribution in [2.45, 2.75) is 5.41 Å². The van der Waals surface area contributed by atoms with Gasteiger partial charge in [0, 0.05) is 0 Å². The van der Waals surface area contributed by atoms with Crippen molar-refractivity contribution >= 4 is 64.6 Å². The summed E-state index contributed by atoms with van der Waals surface area (Å²) in [4.78, 5) is 0. The number of hydrogen-bond donors (Lipinski definition) is 0. The molecule has 2 aliphatic rings. The number of fused-ring (bicyclic) bond motifs is 22. The summed E-state index contributed by atoms with van der Waals surface area (Å²) in [5, 5.41) is 15.6. The van der Waals surface area contributed by atoms with Gasteiger partial charge in [0.25, 0.3) is 0 Å². The zero-order valence-corrected chi connectivity index (χ0v) is 33.3. The van der Waals surface area contributed by atoms with E-state index in [2.05, 4.69) is 218 Å². The molecular weight excluding hydrogens is 733 g/mol. The lowest BCUT2D eigenvalue weighted by molar-refractivity contribution is 0.795. The molecule has 0 fully saturated rings. The Kier molecular flexibility index (Phi) is 6.58. The third-order valence-electron chi connectivity index (χ3n) is 14.2. The Morgan fingerprint density at radius 3 is 1.02 bits per heavy atom. The summed E-state index contributed by atoms with van der Waals surface area (Å²) < 4.78 is 0. The summed E-state index contributed by atoms with van der Waals surface area (Å²) in [6.07, 6.45) is 0. The van der Waals surface area contributed by atoms with Crippen LogP contribution in [0, 0.1) is 0 Å². The van der Waals surface area contributed by atoms with Crippen molar-refractivity contribution in [1.29, 1.82) is 0 Å². The van der Waals surface area contributed by atoms with Gasteiger partial charge in [0.15, 0.2) is 0 Å². The van der Waals surface area contributed by atoms with Crippen molar-refractivity contribution in [3.05, 3.63) is 241 Å². The van der Waals surface area contributed by atoms with Crippen molar-refractivity contribution in [2.75, 3.05) is 0 Å². The van der Waals surface area contributed by atoms with Gasteiger partial charge >= 0.3 is 0 Å². The van der Waals surface area contributed by atoms with Crippen LogP contribution in [0.15, 0.2) is 218 Å². The highest BCUT2D eigenvalue weighted by atomic mass is 14.5. The minimum Gasteiger partial charge on any atom is -0.0619 e. The maximum atomic E-state index is 2.56. The van der Waals surface area contributed by atoms with E-state index in [0.29, 0.717) is 0 Å². The molecule has 0 amide bonds. The third-order valence-corrected chi connectivity index (χ3v) is 14.2. The molecular formula is C61H36. The number of rotatable bonds is 2. The largest absolute Gasteiger partial charge is 0.0725 e. The van der Waals surface area contributed by atoms with E-state index in [4.69, 9.17) is 0 Å². The van der Waals surface area contributed by atoms with E-state index in [-0.39, 0.29) is 0 Å². The predicted octanol–water partition coefficient (Wildman–Crippen LogP) is 16.3. The van der Waals surface area contributed by atoms with Gasteiger partial charge in [-0.15, -0.1) is 0 Å². The molecule has 0 bridgehead atoms. The Labute approximate surface area is 353 Å². The van der Waals surface area contributed by atoms with Gasteiger partial charge in [-0.1, -0.05) is 194 Å². The molecule has 0 saturated carbocycles. The Balaban J connectivity index is 0.974. The number of benzene rings is 12. The van der Waals surface area contributed by atoms with Gasteiger partial charge in [0.05, 0.1) is 5.41 Å². The number of hydrogen-bond acceptors (Lipinski definition) is 0. The van der Waals surface area contributed by atoms with Gasteiger partial charge in [-0.3, -0.25) is 0 Å². The van der Waals surface area contributed by atoms with Gasteiger partial charge in [0.2, 0.25) is 0 Å². The molecule has 12 aromatic carbocycles. The first kappa shape index (κ1) is 33.1. The van der Waals surface area contributed by atoms with Crippen LogP contribution in [-0.4, -0.2) is 0 Å². The first-order chi connectivity index (χ1) is 30.3. The fourth-order valence-electron chi connectivity index (χ4n) is 11.7. The molecule has 2 aliphatic carbocycles. The molecule has 0 aliphatic heterocycles. The fourth-order valence-corrected chi connectivity index (χ4v) is 11.7. The van der Waals surface area contributed by atoms with Gasteiger partial charge < -0.3 is 0 Å². The van der Waals surface area contributed by atoms with Crippen molar-refractivity contribution in [3.8, 4) is 44.5 Å². The normalized spacial score (nSPS) is 13.4. The van der Waals surface area contributed by atoms with E-state index in [1.807, 2.05) is 0 Å². The SMILES string of the molecule is c1ccc2c(c1)-c1ccccc1C21c2ccc(-c3ccc(-c4ccc5c6ccccc6c6ccccc6c5c4)cc3)cc2-c2cc3c4ccccc4c4ccccc4c3cc21. The average molecular weight is 769 g/mol. The van der Waals surface area contributed by atoms with Crippen molar-refractivity contribution in [1.82, 2.24) is 0 Å². The minimum absolute atomic E-state index is 0.424. The zero-order chi connectivity index (χ0) is 39.8. The van der Waals surface area contributed by atoms with Crippen molar-refractivity contribution in [3.63, 3.8) is 0 Å². The Morgan fingerprint density at radius 2 is 0.508 bits per heavy atom. The van der Waals surface area contributed by atoms with Gasteiger partial charge in [0.1, 0.15) is 0 Å². The van der Waals surface area contributed by atoms with Crippen molar-refractivity contribution in [2.24, 2.45) is 0 Å². The van der Waals surface area contributed by atoms with Crippen LogP contribution in [0.5, 0.6) is 0 Å². The van der Waals surface area contributed by atoms with Crippen LogP contribution in [0.25, 0.3) is 109 Å². The van der Waals surface area contributed by atoms with E-state index in [9.17, 15) is 0 Å². The van der Waals surface area contributed by atoms with Crippen LogP contribution in [0.4, 0.5) is 0 Å². The molecule has 0 saturated heterocycles. The maximum absolute atomic E-state index is 2.56. The van der Waals surface area contributed by atoms with Crippen LogP contribution in [0.3, 0.4) is 0 Å². The Hall–Kier alpha value is -7.80. The fraction of sp³-hybridized carbons (Fsp3) is 0.0164. The second-order valence-corrected chi connectivity index (χ2v) is 17.1. The molecule has 12 aromatic rings. The summed E-state index contributed by atoms with van der Waals surface area (Å²) in [7, 11) is 0. The summed E-state index contributed by atoms with van der Waals surface area (Å²) in [6.45, 7) is 0. The lowest BCUT2D eigenvalue weighted by Gasteiger charge is -2.31. The molecule has 1 spiro atoms. The second-order valence-electron chi connectivity index (χ2n) is 17.1. The van der Waals surface area contributed by atoms with Crippen LogP contribution in [-0.2, 0) is 5.41 Å². The van der Waals surface area contributed by atoms with Crippen LogP contribution in [0.2, 0.25) is 0 Å². The van der Waals surface area contributed by atoms with Crippen LogP contribution < -0.4 is 0 Å². The highest BCUT2D eigenvalue weighted by Crippen LogP contribution is 2.64. The van der Waals surface area contributed by atoms with Crippen LogP contribution in [0.1, 0.15) is 22.3 Å². The highest BCUT2D eigenvalue weighted by molar-refractivity contribution is 6.27. The first-order valence-electron chi connectivity index (χ1n) is 21.4. The summed E-state index contributed by atoms with van der Waals surface area (Å²) in [5.41, 5.74) is 15.2. The predicted molar refractivity (Wildman–Crippen MR) is 259 cm³/mol. The monoisotopic (exact) mass is 768 g/mol. The Morgan fingerprint density at radius 1 is 0.180 bits per heavy atom. The van der Waals surface area contributed by atoms with E-state index in [0.717, 1.165) is 0 Å². The summed E-state index contributed by atoms with van der Waals surface area (Å²) in [5.74, 6) is 0. The van der Waals surface area contributed by atoms with Crippen molar-refractivity contribution < 1.29 is 0 Å². The molecule has 61 heavy (non-hydrogen) atoms. The first-order valence-corrected chi connectivity index (χ1v) is 21.4. The van der Waals surface area contributed by atoms with Crippen LogP contribution >= 0.6 is 0 Å². The van der Waals surface area contributed by atoms with E-state index in [1.54, 1.807) is 0 Å². The third kappa shape index (κ3) is 4.33. The molecule has 0 heterocycles. The second kappa shape index (κ2) is 12.1. The summed E-state index contributed by atoms with van der Waals surface area (Å²) >= 11 is 0. The minimum atomic E-state index is -0.424. The molecule has 0 N–H and O–H groups in total. The van der Waals surface area contributed by atoms with E-state index >= 15 is 0 Å². The lowest BCUT2D eigenvalue weighted by atomic mass is 9.70. The van der Waals surface area contributed by atoms with Gasteiger partial charge in [-0.2, -0.15) is 0 Å². The quantitative estimate of drug-likeness (QED) is 0.154. The molecule has 0 nitrogen and oxygen atoms in total. The average Bonchev–Trinajstić information content (AvgIpc) is 3.80. The van der Waals surface area contributed by atoms with Gasteiger partial charge in [-0.05, 0) is 156 Å². The molecule has 14 rings (SSSR count). The highest BCUT2D eigenvalue weighted by Gasteiger charge is 2.51. The maximum Gasteiger partial charge on any atom is 0.0725 e.